The molecule has 0 aromatic rings. The van der Waals surface area contributed by atoms with E-state index in [4.69, 9.17) is 4.74 Å². The van der Waals surface area contributed by atoms with Crippen LogP contribution in [0.4, 0.5) is 0 Å². The van der Waals surface area contributed by atoms with Crippen molar-refractivity contribution in [2.75, 3.05) is 0 Å². The van der Waals surface area contributed by atoms with Crippen LogP contribution in [0.15, 0.2) is 12.2 Å². The summed E-state index contributed by atoms with van der Waals surface area (Å²) in [5, 5.41) is 20.7. The second-order valence-electron chi connectivity index (χ2n) is 7.75. The highest BCUT2D eigenvalue weighted by Crippen LogP contribution is 2.71. The highest BCUT2D eigenvalue weighted by molar-refractivity contribution is 5.30. The minimum Gasteiger partial charge on any atom is -0.388 e. The number of aliphatic hydroxyl groups excluding tert-OH is 2. The summed E-state index contributed by atoms with van der Waals surface area (Å²) in [7, 11) is 0. The van der Waals surface area contributed by atoms with Gasteiger partial charge in [-0.1, -0.05) is 31.4 Å². The van der Waals surface area contributed by atoms with E-state index in [9.17, 15) is 10.2 Å². The molecule has 20 heavy (non-hydrogen) atoms. The van der Waals surface area contributed by atoms with E-state index in [1.54, 1.807) is 0 Å². The summed E-state index contributed by atoms with van der Waals surface area (Å²) in [6.07, 6.45) is 11.1. The molecule has 3 aliphatic carbocycles. The fourth-order valence-corrected chi connectivity index (χ4v) is 6.74. The molecule has 2 aliphatic heterocycles. The van der Waals surface area contributed by atoms with Crippen molar-refractivity contribution in [1.82, 2.24) is 0 Å². The Morgan fingerprint density at radius 3 is 2.60 bits per heavy atom. The molecule has 0 aromatic carbocycles. The Morgan fingerprint density at radius 1 is 1.00 bits per heavy atom. The molecule has 5 aliphatic rings. The Labute approximate surface area is 120 Å². The van der Waals surface area contributed by atoms with E-state index in [0.717, 1.165) is 0 Å². The van der Waals surface area contributed by atoms with Crippen LogP contribution in [-0.4, -0.2) is 34.6 Å². The van der Waals surface area contributed by atoms with E-state index in [1.807, 2.05) is 0 Å². The molecule has 8 atom stereocenters. The highest BCUT2D eigenvalue weighted by atomic mass is 16.6. The number of allylic oxidation sites excluding steroid dienone is 2. The van der Waals surface area contributed by atoms with Gasteiger partial charge in [0.15, 0.2) is 0 Å². The average Bonchev–Trinajstić information content (AvgIpc) is 3.20. The average molecular weight is 276 g/mol. The van der Waals surface area contributed by atoms with Crippen LogP contribution in [0.2, 0.25) is 0 Å². The molecule has 5 rings (SSSR count). The van der Waals surface area contributed by atoms with Gasteiger partial charge in [-0.25, -0.2) is 0 Å². The summed E-state index contributed by atoms with van der Waals surface area (Å²) in [6, 6.07) is 0. The van der Waals surface area contributed by atoms with Gasteiger partial charge in [-0.15, -0.1) is 0 Å². The normalized spacial score (nSPS) is 60.4. The molecule has 0 radical (unpaired) electrons. The van der Waals surface area contributed by atoms with Gasteiger partial charge in [-0.05, 0) is 37.0 Å². The predicted octanol–water partition coefficient (Wildman–Crippen LogP) is 1.88. The van der Waals surface area contributed by atoms with Crippen LogP contribution in [0.5, 0.6) is 0 Å². The molecule has 110 valence electrons. The molecule has 0 amide bonds. The van der Waals surface area contributed by atoms with Crippen molar-refractivity contribution in [3.63, 3.8) is 0 Å². The van der Waals surface area contributed by atoms with E-state index >= 15 is 0 Å². The first-order chi connectivity index (χ1) is 9.74. The molecule has 8 unspecified atom stereocenters. The van der Waals surface area contributed by atoms with Gasteiger partial charge in [0.05, 0.1) is 12.2 Å². The second kappa shape index (κ2) is 3.88. The molecule has 3 nitrogen and oxygen atoms in total. The smallest absolute Gasteiger partial charge is 0.109 e. The lowest BCUT2D eigenvalue weighted by atomic mass is 9.52. The van der Waals surface area contributed by atoms with Gasteiger partial charge in [0.25, 0.3) is 0 Å². The lowest BCUT2D eigenvalue weighted by Crippen LogP contribution is -2.58. The third-order valence-electron chi connectivity index (χ3n) is 7.26. The van der Waals surface area contributed by atoms with Crippen LogP contribution in [0.3, 0.4) is 0 Å². The maximum Gasteiger partial charge on any atom is 0.109 e. The zero-order chi connectivity index (χ0) is 13.5. The van der Waals surface area contributed by atoms with E-state index in [1.165, 1.54) is 38.5 Å². The van der Waals surface area contributed by atoms with Crippen molar-refractivity contribution in [2.45, 2.75) is 62.9 Å². The van der Waals surface area contributed by atoms with Gasteiger partial charge in [0.2, 0.25) is 0 Å². The maximum absolute atomic E-state index is 10.5. The number of hydrogen-bond acceptors (Lipinski definition) is 3. The van der Waals surface area contributed by atoms with Gasteiger partial charge >= 0.3 is 0 Å². The summed E-state index contributed by atoms with van der Waals surface area (Å²) in [4.78, 5) is 0. The second-order valence-corrected chi connectivity index (χ2v) is 7.75. The summed E-state index contributed by atoms with van der Waals surface area (Å²) in [5.74, 6) is 2.32. The van der Waals surface area contributed by atoms with Crippen LogP contribution in [-0.2, 0) is 4.74 Å². The Morgan fingerprint density at radius 2 is 1.80 bits per heavy atom. The molecule has 0 aromatic heterocycles. The van der Waals surface area contributed by atoms with Crippen LogP contribution in [0.1, 0.15) is 38.5 Å². The van der Waals surface area contributed by atoms with E-state index in [0.29, 0.717) is 23.7 Å². The number of fused-ring (bicyclic) bond motifs is 9. The predicted molar refractivity (Wildman–Crippen MR) is 73.9 cm³/mol. The third kappa shape index (κ3) is 1.17. The topological polar surface area (TPSA) is 49.7 Å². The van der Waals surface area contributed by atoms with Crippen molar-refractivity contribution < 1.29 is 14.9 Å². The van der Waals surface area contributed by atoms with Crippen molar-refractivity contribution in [3.05, 3.63) is 12.2 Å². The van der Waals surface area contributed by atoms with Gasteiger partial charge in [0.1, 0.15) is 12.2 Å². The standard InChI is InChI=1S/C17H24O3/c18-13-14(19)16-17(10-4-2-1-3-5-10)11-7-6-9(8-11)12(17)15(13)20-16/h6-7,9-16,18-19H,1-5,8H2. The van der Waals surface area contributed by atoms with Crippen LogP contribution in [0.25, 0.3) is 0 Å². The van der Waals surface area contributed by atoms with Crippen molar-refractivity contribution >= 4 is 0 Å². The van der Waals surface area contributed by atoms with Crippen LogP contribution < -0.4 is 0 Å². The van der Waals surface area contributed by atoms with Crippen LogP contribution in [0, 0.1) is 29.1 Å². The zero-order valence-corrected chi connectivity index (χ0v) is 11.8. The first-order valence-corrected chi connectivity index (χ1v) is 8.44. The molecule has 4 fully saturated rings. The summed E-state index contributed by atoms with van der Waals surface area (Å²) in [5.41, 5.74) is 0.142. The number of aliphatic hydroxyl groups is 2. The first kappa shape index (κ1) is 12.2. The SMILES string of the molecule is OC1C(O)C2OC1C1C3C=CC(C3)C21C1CCCCC1. The minimum absolute atomic E-state index is 0.114. The quantitative estimate of drug-likeness (QED) is 0.719. The van der Waals surface area contributed by atoms with Crippen molar-refractivity contribution in [2.24, 2.45) is 29.1 Å². The van der Waals surface area contributed by atoms with Gasteiger partial charge in [0, 0.05) is 11.3 Å². The molecule has 4 bridgehead atoms. The Bertz CT molecular complexity index is 455. The highest BCUT2D eigenvalue weighted by Gasteiger charge is 2.75. The monoisotopic (exact) mass is 276 g/mol. The molecule has 3 heteroatoms. The fourth-order valence-electron chi connectivity index (χ4n) is 6.74. The summed E-state index contributed by atoms with van der Waals surface area (Å²) < 4.78 is 6.16. The Kier molecular flexibility index (Phi) is 2.36. The third-order valence-corrected chi connectivity index (χ3v) is 7.26. The molecular formula is C17H24O3. The first-order valence-electron chi connectivity index (χ1n) is 8.44. The summed E-state index contributed by atoms with van der Waals surface area (Å²) >= 11 is 0. The molecule has 2 saturated heterocycles. The fraction of sp³-hybridized carbons (Fsp3) is 0.882. The molecule has 2 saturated carbocycles. The van der Waals surface area contributed by atoms with E-state index < -0.39 is 12.2 Å². The van der Waals surface area contributed by atoms with Crippen molar-refractivity contribution in [1.29, 1.82) is 0 Å². The number of rotatable bonds is 1. The number of ether oxygens (including phenoxy) is 1. The lowest BCUT2D eigenvalue weighted by Gasteiger charge is -2.51. The molecular weight excluding hydrogens is 252 g/mol. The maximum atomic E-state index is 10.5. The van der Waals surface area contributed by atoms with Gasteiger partial charge < -0.3 is 14.9 Å². The largest absolute Gasteiger partial charge is 0.388 e. The van der Waals surface area contributed by atoms with Gasteiger partial charge in [-0.2, -0.15) is 0 Å². The van der Waals surface area contributed by atoms with Gasteiger partial charge in [-0.3, -0.25) is 0 Å². The van der Waals surface area contributed by atoms with E-state index in [-0.39, 0.29) is 17.6 Å². The van der Waals surface area contributed by atoms with Crippen molar-refractivity contribution in [3.8, 4) is 0 Å². The van der Waals surface area contributed by atoms with Crippen LogP contribution >= 0.6 is 0 Å². The zero-order valence-electron chi connectivity index (χ0n) is 11.8. The number of hydrogen-bond donors (Lipinski definition) is 2. The molecule has 2 N–H and O–H groups in total. The lowest BCUT2D eigenvalue weighted by molar-refractivity contribution is -0.0972. The Hall–Kier alpha value is -0.380. The Balaban J connectivity index is 1.62. The summed E-state index contributed by atoms with van der Waals surface area (Å²) in [6.45, 7) is 0. The molecule has 0 spiro atoms. The minimum atomic E-state index is -0.661. The molecule has 2 heterocycles. The van der Waals surface area contributed by atoms with E-state index in [2.05, 4.69) is 12.2 Å².